The number of amides is 2. The first-order valence-corrected chi connectivity index (χ1v) is 13.1. The Balaban J connectivity index is 1.26. The van der Waals surface area contributed by atoms with E-state index >= 15 is 0 Å². The third-order valence-electron chi connectivity index (χ3n) is 7.16. The van der Waals surface area contributed by atoms with E-state index in [0.717, 1.165) is 40.7 Å². The molecule has 2 atom stereocenters. The lowest BCUT2D eigenvalue weighted by Crippen LogP contribution is -2.52. The lowest BCUT2D eigenvalue weighted by molar-refractivity contribution is -0.156. The number of carbonyl (C=O) groups excluding carboxylic acids is 3. The molecular weight excluding hydrogens is 480 g/mol. The van der Waals surface area contributed by atoms with Crippen LogP contribution in [0.3, 0.4) is 0 Å². The first-order valence-electron chi connectivity index (χ1n) is 13.1. The second kappa shape index (κ2) is 11.5. The normalized spacial score (nSPS) is 15.5. The van der Waals surface area contributed by atoms with Crippen LogP contribution in [0.5, 0.6) is 0 Å². The minimum Gasteiger partial charge on any atom is -0.450 e. The van der Waals surface area contributed by atoms with Crippen molar-refractivity contribution in [3.05, 3.63) is 95.6 Å². The summed E-state index contributed by atoms with van der Waals surface area (Å²) in [5.74, 6) is -0.740. The van der Waals surface area contributed by atoms with Crippen LogP contribution in [0, 0.1) is 5.92 Å². The fourth-order valence-corrected chi connectivity index (χ4v) is 5.15. The van der Waals surface area contributed by atoms with Crippen molar-refractivity contribution in [1.82, 2.24) is 10.6 Å². The topological polar surface area (TPSA) is 93.7 Å². The maximum Gasteiger partial charge on any atom is 0.407 e. The van der Waals surface area contributed by atoms with Gasteiger partial charge in [-0.25, -0.2) is 4.79 Å². The summed E-state index contributed by atoms with van der Waals surface area (Å²) in [6, 6.07) is 25.1. The number of rotatable bonds is 10. The molecule has 5 rings (SSSR count). The number of carbonyl (C=O) groups is 3. The molecule has 0 aliphatic heterocycles. The van der Waals surface area contributed by atoms with Crippen molar-refractivity contribution in [3.8, 4) is 11.1 Å². The van der Waals surface area contributed by atoms with Gasteiger partial charge in [-0.15, -0.1) is 0 Å². The zero-order chi connectivity index (χ0) is 26.5. The zero-order valence-corrected chi connectivity index (χ0v) is 21.4. The van der Waals surface area contributed by atoms with E-state index in [4.69, 9.17) is 9.47 Å². The van der Waals surface area contributed by atoms with Gasteiger partial charge < -0.3 is 20.1 Å². The standard InChI is InChI=1S/C31H32N2O5/c1-20(34)38-29(30(35)32-18-22-9-3-2-4-10-22)28(17-21-15-16-21)33-31(36)37-19-27-25-13-7-5-11-23(25)24-12-6-8-14-26(24)27/h2-14,21,27-29H,15-19H2,1H3,(H,32,35)(H,33,36). The van der Waals surface area contributed by atoms with Gasteiger partial charge in [0.15, 0.2) is 6.10 Å². The van der Waals surface area contributed by atoms with E-state index in [9.17, 15) is 14.4 Å². The summed E-state index contributed by atoms with van der Waals surface area (Å²) in [6.45, 7) is 1.71. The van der Waals surface area contributed by atoms with E-state index < -0.39 is 30.1 Å². The summed E-state index contributed by atoms with van der Waals surface area (Å²) in [6.07, 6.45) is 0.770. The summed E-state index contributed by atoms with van der Waals surface area (Å²) < 4.78 is 11.2. The van der Waals surface area contributed by atoms with Gasteiger partial charge in [0.2, 0.25) is 0 Å². The van der Waals surface area contributed by atoms with Crippen LogP contribution in [-0.4, -0.2) is 36.7 Å². The van der Waals surface area contributed by atoms with Crippen LogP contribution in [0.2, 0.25) is 0 Å². The molecule has 38 heavy (non-hydrogen) atoms. The Bertz CT molecular complexity index is 1260. The fraction of sp³-hybridized carbons (Fsp3) is 0.323. The molecule has 3 aromatic rings. The van der Waals surface area contributed by atoms with E-state index in [2.05, 4.69) is 34.9 Å². The molecule has 2 aliphatic rings. The Morgan fingerprint density at radius 3 is 2.08 bits per heavy atom. The number of fused-ring (bicyclic) bond motifs is 3. The van der Waals surface area contributed by atoms with Gasteiger partial charge in [-0.3, -0.25) is 9.59 Å². The van der Waals surface area contributed by atoms with Gasteiger partial charge in [0.1, 0.15) is 6.61 Å². The average molecular weight is 513 g/mol. The van der Waals surface area contributed by atoms with Gasteiger partial charge in [-0.05, 0) is 40.2 Å². The highest BCUT2D eigenvalue weighted by molar-refractivity contribution is 5.85. The maximum absolute atomic E-state index is 13.1. The maximum atomic E-state index is 13.1. The molecule has 0 saturated heterocycles. The molecule has 0 spiro atoms. The predicted octanol–water partition coefficient (Wildman–Crippen LogP) is 4.94. The van der Waals surface area contributed by atoms with E-state index in [-0.39, 0.29) is 12.5 Å². The summed E-state index contributed by atoms with van der Waals surface area (Å²) in [7, 11) is 0. The molecule has 2 N–H and O–H groups in total. The van der Waals surface area contributed by atoms with Crippen LogP contribution >= 0.6 is 0 Å². The van der Waals surface area contributed by atoms with Gasteiger partial charge in [0.25, 0.3) is 5.91 Å². The monoisotopic (exact) mass is 512 g/mol. The number of ether oxygens (including phenoxy) is 2. The lowest BCUT2D eigenvalue weighted by Gasteiger charge is -2.27. The van der Waals surface area contributed by atoms with E-state index in [1.807, 2.05) is 54.6 Å². The summed E-state index contributed by atoms with van der Waals surface area (Å²) in [5, 5.41) is 5.69. The molecule has 0 aromatic heterocycles. The molecule has 0 heterocycles. The van der Waals surface area contributed by atoms with Crippen molar-refractivity contribution >= 4 is 18.0 Å². The number of benzene rings is 3. The number of hydrogen-bond donors (Lipinski definition) is 2. The van der Waals surface area contributed by atoms with Crippen molar-refractivity contribution in [2.75, 3.05) is 6.61 Å². The van der Waals surface area contributed by atoms with Crippen molar-refractivity contribution in [2.24, 2.45) is 5.92 Å². The summed E-state index contributed by atoms with van der Waals surface area (Å²) >= 11 is 0. The Kier molecular flexibility index (Phi) is 7.73. The van der Waals surface area contributed by atoms with Crippen LogP contribution in [0.25, 0.3) is 11.1 Å². The molecule has 1 fully saturated rings. The molecule has 2 amide bonds. The Morgan fingerprint density at radius 1 is 0.868 bits per heavy atom. The second-order valence-electron chi connectivity index (χ2n) is 9.99. The SMILES string of the molecule is CC(=O)OC(C(=O)NCc1ccccc1)C(CC1CC1)NC(=O)OCC1c2ccccc2-c2ccccc21. The first-order chi connectivity index (χ1) is 18.5. The number of esters is 1. The Morgan fingerprint density at radius 2 is 1.47 bits per heavy atom. The summed E-state index contributed by atoms with van der Waals surface area (Å²) in [4.78, 5) is 38.1. The third-order valence-corrected chi connectivity index (χ3v) is 7.16. The Hall–Kier alpha value is -4.13. The molecule has 7 heteroatoms. The average Bonchev–Trinajstić information content (AvgIpc) is 3.69. The molecule has 196 valence electrons. The molecule has 2 unspecified atom stereocenters. The smallest absolute Gasteiger partial charge is 0.407 e. The zero-order valence-electron chi connectivity index (χ0n) is 21.4. The van der Waals surface area contributed by atoms with Crippen LogP contribution in [0.4, 0.5) is 4.79 Å². The van der Waals surface area contributed by atoms with E-state index in [0.29, 0.717) is 18.9 Å². The molecule has 3 aromatic carbocycles. The first kappa shape index (κ1) is 25.5. The third kappa shape index (κ3) is 6.05. The molecule has 0 radical (unpaired) electrons. The van der Waals surface area contributed by atoms with Crippen molar-refractivity contribution in [1.29, 1.82) is 0 Å². The second-order valence-corrected chi connectivity index (χ2v) is 9.99. The minimum absolute atomic E-state index is 0.0755. The van der Waals surface area contributed by atoms with Crippen molar-refractivity contribution in [2.45, 2.75) is 50.8 Å². The van der Waals surface area contributed by atoms with Crippen LogP contribution in [0.15, 0.2) is 78.9 Å². The molecule has 1 saturated carbocycles. The molecular formula is C31H32N2O5. The highest BCUT2D eigenvalue weighted by atomic mass is 16.6. The lowest BCUT2D eigenvalue weighted by atomic mass is 9.98. The highest BCUT2D eigenvalue weighted by Gasteiger charge is 2.37. The van der Waals surface area contributed by atoms with Crippen molar-refractivity contribution < 1.29 is 23.9 Å². The highest BCUT2D eigenvalue weighted by Crippen LogP contribution is 2.44. The molecule has 0 bridgehead atoms. The van der Waals surface area contributed by atoms with Gasteiger partial charge in [0.05, 0.1) is 6.04 Å². The number of alkyl carbamates (subject to hydrolysis) is 1. The quantitative estimate of drug-likeness (QED) is 0.375. The van der Waals surface area contributed by atoms with Gasteiger partial charge in [-0.1, -0.05) is 91.7 Å². The largest absolute Gasteiger partial charge is 0.450 e. The molecule has 7 nitrogen and oxygen atoms in total. The van der Waals surface area contributed by atoms with E-state index in [1.165, 1.54) is 6.92 Å². The number of hydrogen-bond acceptors (Lipinski definition) is 5. The molecule has 2 aliphatic carbocycles. The van der Waals surface area contributed by atoms with Crippen molar-refractivity contribution in [3.63, 3.8) is 0 Å². The predicted molar refractivity (Wildman–Crippen MR) is 143 cm³/mol. The van der Waals surface area contributed by atoms with Crippen LogP contribution < -0.4 is 10.6 Å². The van der Waals surface area contributed by atoms with Gasteiger partial charge in [-0.2, -0.15) is 0 Å². The summed E-state index contributed by atoms with van der Waals surface area (Å²) in [5.41, 5.74) is 5.45. The fourth-order valence-electron chi connectivity index (χ4n) is 5.15. The van der Waals surface area contributed by atoms with Crippen LogP contribution in [-0.2, 0) is 25.6 Å². The van der Waals surface area contributed by atoms with Gasteiger partial charge >= 0.3 is 12.1 Å². The number of nitrogens with one attached hydrogen (secondary N) is 2. The Labute approximate surface area is 222 Å². The van der Waals surface area contributed by atoms with Gasteiger partial charge in [0, 0.05) is 19.4 Å². The minimum atomic E-state index is -1.16. The van der Waals surface area contributed by atoms with Crippen LogP contribution in [0.1, 0.15) is 48.8 Å². The van der Waals surface area contributed by atoms with E-state index in [1.54, 1.807) is 0 Å².